The Hall–Kier alpha value is -1.35. The molecule has 84 valence electrons. The highest BCUT2D eigenvalue weighted by molar-refractivity contribution is 6.75. The minimum Gasteiger partial charge on any atom is -0.322 e. The number of H-pyrrole nitrogens is 1. The van der Waals surface area contributed by atoms with E-state index in [1.54, 1.807) is 0 Å². The van der Waals surface area contributed by atoms with E-state index in [1.165, 1.54) is 0 Å². The standard InChI is InChI=1S/C13H17NOSi/c1-16(2,3)9-11-8-10-6-4-5-7-12(10)14-13(11)15/h4-8H,9H2,1-3H3,(H,14,15). The maximum atomic E-state index is 11.9. The zero-order valence-electron chi connectivity index (χ0n) is 10.0. The fraction of sp³-hybridized carbons (Fsp3) is 0.308. The molecule has 0 aliphatic rings. The third-order valence-electron chi connectivity index (χ3n) is 2.55. The first kappa shape index (κ1) is 11.1. The van der Waals surface area contributed by atoms with Crippen LogP contribution in [0.5, 0.6) is 0 Å². The monoisotopic (exact) mass is 231 g/mol. The van der Waals surface area contributed by atoms with E-state index in [-0.39, 0.29) is 5.56 Å². The maximum Gasteiger partial charge on any atom is 0.251 e. The van der Waals surface area contributed by atoms with E-state index in [4.69, 9.17) is 0 Å². The van der Waals surface area contributed by atoms with Gasteiger partial charge in [0.1, 0.15) is 0 Å². The van der Waals surface area contributed by atoms with Crippen molar-refractivity contribution >= 4 is 19.0 Å². The van der Waals surface area contributed by atoms with Crippen LogP contribution in [0.25, 0.3) is 10.9 Å². The number of aromatic nitrogens is 1. The van der Waals surface area contributed by atoms with Crippen molar-refractivity contribution in [3.63, 3.8) is 0 Å². The summed E-state index contributed by atoms with van der Waals surface area (Å²) in [6, 6.07) is 10.9. The average Bonchev–Trinajstić information content (AvgIpc) is 2.17. The van der Waals surface area contributed by atoms with Gasteiger partial charge < -0.3 is 4.98 Å². The van der Waals surface area contributed by atoms with Gasteiger partial charge >= 0.3 is 0 Å². The second-order valence-corrected chi connectivity index (χ2v) is 10.9. The highest BCUT2D eigenvalue weighted by Gasteiger charge is 2.16. The van der Waals surface area contributed by atoms with Crippen molar-refractivity contribution in [2.75, 3.05) is 0 Å². The molecule has 1 N–H and O–H groups in total. The first-order valence-electron chi connectivity index (χ1n) is 5.57. The van der Waals surface area contributed by atoms with Gasteiger partial charge in [0, 0.05) is 19.2 Å². The van der Waals surface area contributed by atoms with E-state index < -0.39 is 8.07 Å². The Morgan fingerprint density at radius 1 is 1.19 bits per heavy atom. The number of rotatable bonds is 2. The van der Waals surface area contributed by atoms with Gasteiger partial charge in [-0.3, -0.25) is 4.79 Å². The van der Waals surface area contributed by atoms with Crippen LogP contribution in [-0.2, 0) is 6.04 Å². The number of pyridine rings is 1. The molecule has 2 aromatic rings. The van der Waals surface area contributed by atoms with E-state index in [0.29, 0.717) is 0 Å². The third kappa shape index (κ3) is 2.42. The highest BCUT2D eigenvalue weighted by Crippen LogP contribution is 2.13. The molecule has 0 fully saturated rings. The Morgan fingerprint density at radius 2 is 1.88 bits per heavy atom. The van der Waals surface area contributed by atoms with Crippen LogP contribution in [0, 0.1) is 0 Å². The first-order valence-corrected chi connectivity index (χ1v) is 9.27. The molecule has 1 aromatic heterocycles. The van der Waals surface area contributed by atoms with Gasteiger partial charge in [-0.2, -0.15) is 0 Å². The number of para-hydroxylation sites is 1. The quantitative estimate of drug-likeness (QED) is 0.792. The van der Waals surface area contributed by atoms with Crippen LogP contribution in [0.2, 0.25) is 19.6 Å². The molecule has 0 saturated heterocycles. The molecule has 0 aliphatic heterocycles. The van der Waals surface area contributed by atoms with Gasteiger partial charge in [-0.1, -0.05) is 37.8 Å². The van der Waals surface area contributed by atoms with Crippen molar-refractivity contribution in [3.05, 3.63) is 46.2 Å². The van der Waals surface area contributed by atoms with Crippen molar-refractivity contribution in [2.45, 2.75) is 25.7 Å². The lowest BCUT2D eigenvalue weighted by molar-refractivity contribution is 1.18. The molecular weight excluding hydrogens is 214 g/mol. The zero-order chi connectivity index (χ0) is 11.8. The van der Waals surface area contributed by atoms with Crippen LogP contribution in [-0.4, -0.2) is 13.1 Å². The van der Waals surface area contributed by atoms with E-state index in [1.807, 2.05) is 30.3 Å². The van der Waals surface area contributed by atoms with Crippen molar-refractivity contribution in [1.29, 1.82) is 0 Å². The molecule has 3 heteroatoms. The summed E-state index contributed by atoms with van der Waals surface area (Å²) in [7, 11) is -1.24. The highest BCUT2D eigenvalue weighted by atomic mass is 28.3. The van der Waals surface area contributed by atoms with Crippen molar-refractivity contribution in [1.82, 2.24) is 4.98 Å². The van der Waals surface area contributed by atoms with Gasteiger partial charge in [0.05, 0.1) is 0 Å². The summed E-state index contributed by atoms with van der Waals surface area (Å²) in [5.41, 5.74) is 1.92. The molecule has 2 rings (SSSR count). The summed E-state index contributed by atoms with van der Waals surface area (Å²) in [6.45, 7) is 6.84. The SMILES string of the molecule is C[Si](C)(C)Cc1cc2ccccc2[nH]c1=O. The van der Waals surface area contributed by atoms with E-state index in [9.17, 15) is 4.79 Å². The minimum atomic E-state index is -1.24. The largest absolute Gasteiger partial charge is 0.322 e. The van der Waals surface area contributed by atoms with Crippen LogP contribution in [0.4, 0.5) is 0 Å². The number of benzene rings is 1. The molecule has 0 radical (unpaired) electrons. The van der Waals surface area contributed by atoms with Crippen molar-refractivity contribution < 1.29 is 0 Å². The molecule has 0 amide bonds. The number of fused-ring (bicyclic) bond motifs is 1. The van der Waals surface area contributed by atoms with Crippen molar-refractivity contribution in [2.24, 2.45) is 0 Å². The Labute approximate surface area is 96.3 Å². The Morgan fingerprint density at radius 3 is 2.56 bits per heavy atom. The summed E-state index contributed by atoms with van der Waals surface area (Å²) in [6.07, 6.45) is 0. The Kier molecular flexibility index (Phi) is 2.72. The second-order valence-electron chi connectivity index (χ2n) is 5.45. The predicted molar refractivity (Wildman–Crippen MR) is 71.6 cm³/mol. The lowest BCUT2D eigenvalue weighted by Gasteiger charge is -2.15. The third-order valence-corrected chi connectivity index (χ3v) is 3.99. The van der Waals surface area contributed by atoms with Gasteiger partial charge in [0.25, 0.3) is 5.56 Å². The first-order chi connectivity index (χ1) is 7.46. The van der Waals surface area contributed by atoms with Crippen LogP contribution in [0.3, 0.4) is 0 Å². The topological polar surface area (TPSA) is 32.9 Å². The predicted octanol–water partition coefficient (Wildman–Crippen LogP) is 2.95. The summed E-state index contributed by atoms with van der Waals surface area (Å²) < 4.78 is 0. The number of hydrogen-bond acceptors (Lipinski definition) is 1. The Bertz CT molecular complexity index is 566. The summed E-state index contributed by atoms with van der Waals surface area (Å²) in [5, 5.41) is 1.12. The van der Waals surface area contributed by atoms with Gasteiger partial charge in [-0.05, 0) is 23.6 Å². The minimum absolute atomic E-state index is 0.0705. The molecule has 1 heterocycles. The van der Waals surface area contributed by atoms with E-state index in [0.717, 1.165) is 22.5 Å². The van der Waals surface area contributed by atoms with Crippen LogP contribution in [0.15, 0.2) is 35.1 Å². The fourth-order valence-corrected chi connectivity index (χ4v) is 3.30. The van der Waals surface area contributed by atoms with E-state index >= 15 is 0 Å². The normalized spacial score (nSPS) is 11.9. The van der Waals surface area contributed by atoms with Gasteiger partial charge in [0.15, 0.2) is 0 Å². The molecule has 0 aliphatic carbocycles. The molecule has 1 aromatic carbocycles. The fourth-order valence-electron chi connectivity index (χ4n) is 1.90. The molecule has 0 spiro atoms. The molecule has 0 bridgehead atoms. The molecule has 2 nitrogen and oxygen atoms in total. The number of nitrogens with one attached hydrogen (secondary N) is 1. The summed E-state index contributed by atoms with van der Waals surface area (Å²) in [4.78, 5) is 14.8. The molecule has 16 heavy (non-hydrogen) atoms. The zero-order valence-corrected chi connectivity index (χ0v) is 11.0. The maximum absolute atomic E-state index is 11.9. The van der Waals surface area contributed by atoms with Gasteiger partial charge in [0.2, 0.25) is 0 Å². The molecule has 0 unspecified atom stereocenters. The second kappa shape index (κ2) is 3.90. The van der Waals surface area contributed by atoms with Crippen LogP contribution >= 0.6 is 0 Å². The Balaban J connectivity index is 2.55. The van der Waals surface area contributed by atoms with Crippen LogP contribution in [0.1, 0.15) is 5.56 Å². The molecular formula is C13H17NOSi. The number of hydrogen-bond donors (Lipinski definition) is 1. The average molecular weight is 231 g/mol. The van der Waals surface area contributed by atoms with E-state index in [2.05, 4.69) is 24.6 Å². The van der Waals surface area contributed by atoms with Gasteiger partial charge in [-0.25, -0.2) is 0 Å². The van der Waals surface area contributed by atoms with Crippen molar-refractivity contribution in [3.8, 4) is 0 Å². The van der Waals surface area contributed by atoms with Gasteiger partial charge in [-0.15, -0.1) is 0 Å². The smallest absolute Gasteiger partial charge is 0.251 e. The number of aromatic amines is 1. The summed E-state index contributed by atoms with van der Waals surface area (Å²) >= 11 is 0. The lowest BCUT2D eigenvalue weighted by atomic mass is 10.2. The molecule has 0 atom stereocenters. The lowest BCUT2D eigenvalue weighted by Crippen LogP contribution is -2.28. The summed E-state index contributed by atoms with van der Waals surface area (Å²) in [5.74, 6) is 0. The van der Waals surface area contributed by atoms with Crippen LogP contribution < -0.4 is 5.56 Å². The molecule has 0 saturated carbocycles.